The van der Waals surface area contributed by atoms with E-state index in [-0.39, 0.29) is 12.3 Å². The summed E-state index contributed by atoms with van der Waals surface area (Å²) in [5.74, 6) is 0.0475. The molecule has 0 saturated carbocycles. The van der Waals surface area contributed by atoms with Crippen molar-refractivity contribution in [1.82, 2.24) is 0 Å². The lowest BCUT2D eigenvalue weighted by Crippen LogP contribution is -2.15. The summed E-state index contributed by atoms with van der Waals surface area (Å²) in [4.78, 5) is 11.9. The van der Waals surface area contributed by atoms with E-state index in [1.807, 2.05) is 0 Å². The molecule has 0 aliphatic rings. The Balaban J connectivity index is 2.03. The molecule has 1 amide bonds. The molecule has 0 aliphatic carbocycles. The number of amides is 1. The molecule has 0 fully saturated rings. The Kier molecular flexibility index (Phi) is 4.74. The Labute approximate surface area is 124 Å². The number of nitrogens with one attached hydrogen (secondary N) is 1. The van der Waals surface area contributed by atoms with Gasteiger partial charge in [-0.2, -0.15) is 0 Å². The molecule has 104 valence electrons. The van der Waals surface area contributed by atoms with Gasteiger partial charge >= 0.3 is 0 Å². The number of hydrogen-bond donors (Lipinski definition) is 1. The number of halogens is 2. The van der Waals surface area contributed by atoms with Crippen LogP contribution in [-0.2, 0) is 11.2 Å². The molecular formula is C15H13BrFNO2. The van der Waals surface area contributed by atoms with Crippen LogP contribution in [0.1, 0.15) is 5.56 Å². The molecule has 2 aromatic rings. The maximum atomic E-state index is 13.6. The lowest BCUT2D eigenvalue weighted by Gasteiger charge is -2.07. The van der Waals surface area contributed by atoms with Crippen LogP contribution < -0.4 is 10.1 Å². The van der Waals surface area contributed by atoms with Crippen molar-refractivity contribution in [3.05, 3.63) is 58.3 Å². The van der Waals surface area contributed by atoms with Crippen molar-refractivity contribution < 1.29 is 13.9 Å². The first-order valence-corrected chi connectivity index (χ1v) is 6.75. The van der Waals surface area contributed by atoms with E-state index in [2.05, 4.69) is 21.2 Å². The van der Waals surface area contributed by atoms with Gasteiger partial charge in [-0.3, -0.25) is 4.79 Å². The molecule has 0 heterocycles. The standard InChI is InChI=1S/C15H13BrFNO2/c1-20-13-5-3-12(4-6-13)18-15(19)9-10-8-11(16)2-7-14(10)17/h2-8H,9H2,1H3,(H,18,19). The van der Waals surface area contributed by atoms with Gasteiger partial charge in [0.1, 0.15) is 11.6 Å². The average molecular weight is 338 g/mol. The highest BCUT2D eigenvalue weighted by atomic mass is 79.9. The van der Waals surface area contributed by atoms with Gasteiger partial charge < -0.3 is 10.1 Å². The molecule has 2 aromatic carbocycles. The smallest absolute Gasteiger partial charge is 0.228 e. The summed E-state index contributed by atoms with van der Waals surface area (Å²) in [5, 5.41) is 2.71. The van der Waals surface area contributed by atoms with Gasteiger partial charge in [0.15, 0.2) is 0 Å². The Morgan fingerprint density at radius 3 is 2.60 bits per heavy atom. The molecule has 0 unspecified atom stereocenters. The SMILES string of the molecule is COc1ccc(NC(=O)Cc2cc(Br)ccc2F)cc1. The maximum Gasteiger partial charge on any atom is 0.228 e. The Morgan fingerprint density at radius 2 is 1.95 bits per heavy atom. The van der Waals surface area contributed by atoms with Crippen molar-refractivity contribution >= 4 is 27.5 Å². The summed E-state index contributed by atoms with van der Waals surface area (Å²) >= 11 is 3.26. The second-order valence-corrected chi connectivity index (χ2v) is 5.10. The molecular weight excluding hydrogens is 325 g/mol. The minimum Gasteiger partial charge on any atom is -0.497 e. The summed E-state index contributed by atoms with van der Waals surface area (Å²) in [6.45, 7) is 0. The van der Waals surface area contributed by atoms with Gasteiger partial charge in [0.2, 0.25) is 5.91 Å². The lowest BCUT2D eigenvalue weighted by molar-refractivity contribution is -0.115. The third-order valence-electron chi connectivity index (χ3n) is 2.73. The van der Waals surface area contributed by atoms with Gasteiger partial charge in [-0.15, -0.1) is 0 Å². The highest BCUT2D eigenvalue weighted by Gasteiger charge is 2.09. The fourth-order valence-corrected chi connectivity index (χ4v) is 2.14. The number of hydrogen-bond acceptors (Lipinski definition) is 2. The molecule has 0 atom stereocenters. The van der Waals surface area contributed by atoms with Gasteiger partial charge in [0, 0.05) is 10.2 Å². The van der Waals surface area contributed by atoms with E-state index in [4.69, 9.17) is 4.74 Å². The van der Waals surface area contributed by atoms with E-state index in [9.17, 15) is 9.18 Å². The number of methoxy groups -OCH3 is 1. The van der Waals surface area contributed by atoms with E-state index in [0.717, 1.165) is 4.47 Å². The van der Waals surface area contributed by atoms with Gasteiger partial charge in [-0.05, 0) is 48.0 Å². The van der Waals surface area contributed by atoms with Crippen LogP contribution in [0.25, 0.3) is 0 Å². The minimum absolute atomic E-state index is 0.0166. The predicted molar refractivity (Wildman–Crippen MR) is 79.4 cm³/mol. The predicted octanol–water partition coefficient (Wildman–Crippen LogP) is 3.78. The van der Waals surface area contributed by atoms with Crippen LogP contribution in [0, 0.1) is 5.82 Å². The fraction of sp³-hybridized carbons (Fsp3) is 0.133. The maximum absolute atomic E-state index is 13.6. The normalized spacial score (nSPS) is 10.2. The third-order valence-corrected chi connectivity index (χ3v) is 3.23. The molecule has 0 spiro atoms. The van der Waals surface area contributed by atoms with E-state index in [1.165, 1.54) is 6.07 Å². The van der Waals surface area contributed by atoms with E-state index in [1.54, 1.807) is 43.5 Å². The molecule has 0 aromatic heterocycles. The topological polar surface area (TPSA) is 38.3 Å². The number of ether oxygens (including phenoxy) is 1. The molecule has 0 bridgehead atoms. The van der Waals surface area contributed by atoms with Crippen LogP contribution in [0.3, 0.4) is 0 Å². The minimum atomic E-state index is -0.391. The molecule has 0 radical (unpaired) electrons. The second-order valence-electron chi connectivity index (χ2n) is 4.19. The Hall–Kier alpha value is -1.88. The first-order valence-electron chi connectivity index (χ1n) is 5.96. The summed E-state index contributed by atoms with van der Waals surface area (Å²) in [6.07, 6.45) is -0.0166. The van der Waals surface area contributed by atoms with E-state index < -0.39 is 5.82 Å². The molecule has 3 nitrogen and oxygen atoms in total. The van der Waals surface area contributed by atoms with Crippen LogP contribution in [0.4, 0.5) is 10.1 Å². The summed E-state index contributed by atoms with van der Waals surface area (Å²) < 4.78 is 19.3. The number of carbonyl (C=O) groups is 1. The van der Waals surface area contributed by atoms with Gasteiger partial charge in [-0.1, -0.05) is 15.9 Å². The van der Waals surface area contributed by atoms with Crippen molar-refractivity contribution in [2.24, 2.45) is 0 Å². The third kappa shape index (κ3) is 3.81. The quantitative estimate of drug-likeness (QED) is 0.921. The molecule has 1 N–H and O–H groups in total. The zero-order valence-electron chi connectivity index (χ0n) is 10.8. The number of anilines is 1. The Morgan fingerprint density at radius 1 is 1.25 bits per heavy atom. The van der Waals surface area contributed by atoms with Crippen molar-refractivity contribution in [3.63, 3.8) is 0 Å². The molecule has 0 aliphatic heterocycles. The van der Waals surface area contributed by atoms with Crippen molar-refractivity contribution in [1.29, 1.82) is 0 Å². The van der Waals surface area contributed by atoms with Gasteiger partial charge in [0.05, 0.1) is 13.5 Å². The van der Waals surface area contributed by atoms with Crippen LogP contribution in [-0.4, -0.2) is 13.0 Å². The molecule has 2 rings (SSSR count). The van der Waals surface area contributed by atoms with Crippen LogP contribution in [0.2, 0.25) is 0 Å². The second kappa shape index (κ2) is 6.52. The number of benzene rings is 2. The zero-order valence-corrected chi connectivity index (χ0v) is 12.4. The summed E-state index contributed by atoms with van der Waals surface area (Å²) in [6, 6.07) is 11.5. The highest BCUT2D eigenvalue weighted by Crippen LogP contribution is 2.18. The van der Waals surface area contributed by atoms with Gasteiger partial charge in [0.25, 0.3) is 0 Å². The highest BCUT2D eigenvalue weighted by molar-refractivity contribution is 9.10. The van der Waals surface area contributed by atoms with Gasteiger partial charge in [-0.25, -0.2) is 4.39 Å². The largest absolute Gasteiger partial charge is 0.497 e. The first-order chi connectivity index (χ1) is 9.58. The molecule has 5 heteroatoms. The van der Waals surface area contributed by atoms with E-state index in [0.29, 0.717) is 17.0 Å². The summed E-state index contributed by atoms with van der Waals surface area (Å²) in [7, 11) is 1.57. The molecule has 20 heavy (non-hydrogen) atoms. The fourth-order valence-electron chi connectivity index (χ4n) is 1.73. The number of carbonyl (C=O) groups excluding carboxylic acids is 1. The molecule has 0 saturated heterocycles. The average Bonchev–Trinajstić information content (AvgIpc) is 2.43. The van der Waals surface area contributed by atoms with Crippen molar-refractivity contribution in [2.45, 2.75) is 6.42 Å². The lowest BCUT2D eigenvalue weighted by atomic mass is 10.1. The van der Waals surface area contributed by atoms with E-state index >= 15 is 0 Å². The first kappa shape index (κ1) is 14.5. The van der Waals surface area contributed by atoms with Crippen molar-refractivity contribution in [2.75, 3.05) is 12.4 Å². The zero-order chi connectivity index (χ0) is 14.5. The van der Waals surface area contributed by atoms with Crippen molar-refractivity contribution in [3.8, 4) is 5.75 Å². The number of rotatable bonds is 4. The Bertz CT molecular complexity index is 614. The van der Waals surface area contributed by atoms with Crippen LogP contribution >= 0.6 is 15.9 Å². The summed E-state index contributed by atoms with van der Waals surface area (Å²) in [5.41, 5.74) is 0.997. The monoisotopic (exact) mass is 337 g/mol. The van der Waals surface area contributed by atoms with Crippen LogP contribution in [0.15, 0.2) is 46.9 Å². The van der Waals surface area contributed by atoms with Crippen LogP contribution in [0.5, 0.6) is 5.75 Å².